The van der Waals surface area contributed by atoms with Crippen LogP contribution in [-0.4, -0.2) is 28.5 Å². The molecule has 0 N–H and O–H groups in total. The Balaban J connectivity index is 2.07. The molecular weight excluding hydrogens is 262 g/mol. The second-order valence-electron chi connectivity index (χ2n) is 4.45. The SMILES string of the molecule is CC1SCCN1C(=O)c1cc2ccccc2oc1=O. The van der Waals surface area contributed by atoms with Crippen molar-refractivity contribution in [3.05, 3.63) is 46.3 Å². The maximum Gasteiger partial charge on any atom is 0.349 e. The second kappa shape index (κ2) is 4.74. The largest absolute Gasteiger partial charge is 0.422 e. The van der Waals surface area contributed by atoms with E-state index < -0.39 is 5.63 Å². The van der Waals surface area contributed by atoms with E-state index in [4.69, 9.17) is 4.42 Å². The third-order valence-corrected chi connectivity index (χ3v) is 4.42. The fourth-order valence-corrected chi connectivity index (χ4v) is 3.25. The number of rotatable bonds is 1. The topological polar surface area (TPSA) is 50.5 Å². The van der Waals surface area contributed by atoms with E-state index in [1.807, 2.05) is 19.1 Å². The summed E-state index contributed by atoms with van der Waals surface area (Å²) in [6, 6.07) is 8.83. The summed E-state index contributed by atoms with van der Waals surface area (Å²) in [5, 5.41) is 0.878. The van der Waals surface area contributed by atoms with Gasteiger partial charge in [-0.2, -0.15) is 0 Å². The lowest BCUT2D eigenvalue weighted by Crippen LogP contribution is -2.35. The summed E-state index contributed by atoms with van der Waals surface area (Å²) >= 11 is 1.71. The van der Waals surface area contributed by atoms with Crippen LogP contribution in [0.1, 0.15) is 17.3 Å². The van der Waals surface area contributed by atoms with E-state index in [2.05, 4.69) is 0 Å². The molecule has 1 aliphatic heterocycles. The summed E-state index contributed by atoms with van der Waals surface area (Å²) in [6.07, 6.45) is 0. The summed E-state index contributed by atoms with van der Waals surface area (Å²) in [6.45, 7) is 2.65. The van der Waals surface area contributed by atoms with Gasteiger partial charge in [-0.25, -0.2) is 4.79 Å². The fraction of sp³-hybridized carbons (Fsp3) is 0.286. The van der Waals surface area contributed by atoms with Gasteiger partial charge in [0, 0.05) is 17.7 Å². The standard InChI is InChI=1S/C14H13NO3S/c1-9-15(6-7-19-9)13(16)11-8-10-4-2-3-5-12(10)18-14(11)17/h2-5,8-9H,6-7H2,1H3. The van der Waals surface area contributed by atoms with Gasteiger partial charge in [0.25, 0.3) is 5.91 Å². The Bertz CT molecular complexity index is 694. The molecule has 0 spiro atoms. The molecule has 1 aliphatic rings. The maximum atomic E-state index is 12.4. The van der Waals surface area contributed by atoms with Crippen molar-refractivity contribution >= 4 is 28.6 Å². The molecular formula is C14H13NO3S. The molecule has 1 amide bonds. The Hall–Kier alpha value is -1.75. The number of carbonyl (C=O) groups is 1. The van der Waals surface area contributed by atoms with Gasteiger partial charge in [-0.3, -0.25) is 4.79 Å². The van der Waals surface area contributed by atoms with Crippen molar-refractivity contribution in [1.82, 2.24) is 4.90 Å². The van der Waals surface area contributed by atoms with Crippen LogP contribution in [0.4, 0.5) is 0 Å². The molecule has 0 saturated carbocycles. The number of hydrogen-bond acceptors (Lipinski definition) is 4. The Morgan fingerprint density at radius 1 is 1.42 bits per heavy atom. The third kappa shape index (κ3) is 2.14. The highest BCUT2D eigenvalue weighted by Crippen LogP contribution is 2.24. The van der Waals surface area contributed by atoms with Crippen molar-refractivity contribution in [1.29, 1.82) is 0 Å². The molecule has 19 heavy (non-hydrogen) atoms. The zero-order valence-corrected chi connectivity index (χ0v) is 11.3. The summed E-state index contributed by atoms with van der Waals surface area (Å²) < 4.78 is 5.20. The van der Waals surface area contributed by atoms with Gasteiger partial charge < -0.3 is 9.32 Å². The van der Waals surface area contributed by atoms with Gasteiger partial charge in [0.2, 0.25) is 0 Å². The van der Waals surface area contributed by atoms with Gasteiger partial charge in [0.05, 0.1) is 5.37 Å². The first-order valence-corrected chi connectivity index (χ1v) is 7.17. The zero-order valence-electron chi connectivity index (χ0n) is 10.5. The maximum absolute atomic E-state index is 12.4. The van der Waals surface area contributed by atoms with Crippen LogP contribution in [0.5, 0.6) is 0 Å². The second-order valence-corrected chi connectivity index (χ2v) is 5.88. The smallest absolute Gasteiger partial charge is 0.349 e. The number of amides is 1. The normalized spacial score (nSPS) is 19.0. The lowest BCUT2D eigenvalue weighted by atomic mass is 10.1. The van der Waals surface area contributed by atoms with E-state index in [-0.39, 0.29) is 16.8 Å². The van der Waals surface area contributed by atoms with Gasteiger partial charge in [0.1, 0.15) is 11.1 Å². The van der Waals surface area contributed by atoms with E-state index in [0.717, 1.165) is 11.1 Å². The van der Waals surface area contributed by atoms with E-state index >= 15 is 0 Å². The van der Waals surface area contributed by atoms with Crippen molar-refractivity contribution in [2.75, 3.05) is 12.3 Å². The van der Waals surface area contributed by atoms with Crippen LogP contribution in [-0.2, 0) is 0 Å². The van der Waals surface area contributed by atoms with Crippen LogP contribution in [0.25, 0.3) is 11.0 Å². The molecule has 4 nitrogen and oxygen atoms in total. The van der Waals surface area contributed by atoms with Crippen LogP contribution < -0.4 is 5.63 Å². The molecule has 1 fully saturated rings. The summed E-state index contributed by atoms with van der Waals surface area (Å²) in [5.41, 5.74) is 0.0637. The average molecular weight is 275 g/mol. The molecule has 1 aromatic carbocycles. The minimum absolute atomic E-state index is 0.110. The summed E-state index contributed by atoms with van der Waals surface area (Å²) in [5.74, 6) is 0.670. The molecule has 1 saturated heterocycles. The Labute approximate surface area is 114 Å². The van der Waals surface area contributed by atoms with Gasteiger partial charge in [-0.05, 0) is 19.1 Å². The van der Waals surface area contributed by atoms with E-state index in [0.29, 0.717) is 12.1 Å². The van der Waals surface area contributed by atoms with Crippen molar-refractivity contribution in [3.8, 4) is 0 Å². The van der Waals surface area contributed by atoms with Crippen molar-refractivity contribution in [2.24, 2.45) is 0 Å². The number of fused-ring (bicyclic) bond motifs is 1. The molecule has 1 atom stereocenters. The number of benzene rings is 1. The molecule has 5 heteroatoms. The number of thioether (sulfide) groups is 1. The Morgan fingerprint density at radius 3 is 2.95 bits per heavy atom. The fourth-order valence-electron chi connectivity index (χ4n) is 2.23. The van der Waals surface area contributed by atoms with E-state index in [1.54, 1.807) is 34.9 Å². The van der Waals surface area contributed by atoms with Crippen LogP contribution in [0, 0.1) is 0 Å². The molecule has 0 aliphatic carbocycles. The van der Waals surface area contributed by atoms with E-state index in [9.17, 15) is 9.59 Å². The van der Waals surface area contributed by atoms with Crippen LogP contribution in [0.2, 0.25) is 0 Å². The predicted molar refractivity (Wildman–Crippen MR) is 75.4 cm³/mol. The van der Waals surface area contributed by atoms with Crippen LogP contribution >= 0.6 is 11.8 Å². The van der Waals surface area contributed by atoms with Crippen LogP contribution in [0.3, 0.4) is 0 Å². The third-order valence-electron chi connectivity index (χ3n) is 3.26. The van der Waals surface area contributed by atoms with Gasteiger partial charge in [-0.1, -0.05) is 18.2 Å². The highest BCUT2D eigenvalue weighted by molar-refractivity contribution is 8.00. The molecule has 3 rings (SSSR count). The molecule has 1 unspecified atom stereocenters. The minimum Gasteiger partial charge on any atom is -0.422 e. The lowest BCUT2D eigenvalue weighted by molar-refractivity contribution is 0.0764. The average Bonchev–Trinajstić information content (AvgIpc) is 2.83. The molecule has 2 heterocycles. The molecule has 0 radical (unpaired) electrons. The Morgan fingerprint density at radius 2 is 2.21 bits per heavy atom. The number of para-hydroxylation sites is 1. The molecule has 98 valence electrons. The van der Waals surface area contributed by atoms with Crippen molar-refractivity contribution < 1.29 is 9.21 Å². The molecule has 2 aromatic rings. The zero-order chi connectivity index (χ0) is 13.4. The van der Waals surface area contributed by atoms with E-state index in [1.165, 1.54) is 0 Å². The Kier molecular flexibility index (Phi) is 3.06. The summed E-state index contributed by atoms with van der Waals surface area (Å²) in [7, 11) is 0. The first kappa shape index (κ1) is 12.3. The van der Waals surface area contributed by atoms with Gasteiger partial charge >= 0.3 is 5.63 Å². The quantitative estimate of drug-likeness (QED) is 0.749. The molecule has 1 aromatic heterocycles. The van der Waals surface area contributed by atoms with Crippen molar-refractivity contribution in [3.63, 3.8) is 0 Å². The summed E-state index contributed by atoms with van der Waals surface area (Å²) in [4.78, 5) is 26.0. The minimum atomic E-state index is -0.562. The first-order valence-electron chi connectivity index (χ1n) is 6.12. The lowest BCUT2D eigenvalue weighted by Gasteiger charge is -2.19. The first-order chi connectivity index (χ1) is 9.16. The van der Waals surface area contributed by atoms with Crippen molar-refractivity contribution in [2.45, 2.75) is 12.3 Å². The van der Waals surface area contributed by atoms with Gasteiger partial charge in [-0.15, -0.1) is 11.8 Å². The monoisotopic (exact) mass is 275 g/mol. The highest BCUT2D eigenvalue weighted by atomic mass is 32.2. The number of hydrogen-bond donors (Lipinski definition) is 0. The van der Waals surface area contributed by atoms with Crippen LogP contribution in [0.15, 0.2) is 39.5 Å². The number of nitrogens with zero attached hydrogens (tertiary/aromatic N) is 1. The highest BCUT2D eigenvalue weighted by Gasteiger charge is 2.28. The predicted octanol–water partition coefficient (Wildman–Crippen LogP) is 2.33. The number of carbonyl (C=O) groups excluding carboxylic acids is 1. The molecule has 0 bridgehead atoms. The van der Waals surface area contributed by atoms with Gasteiger partial charge in [0.15, 0.2) is 0 Å².